The van der Waals surface area contributed by atoms with Gasteiger partial charge in [0.1, 0.15) is 16.4 Å². The molecule has 5 heteroatoms. The van der Waals surface area contributed by atoms with E-state index in [1.807, 2.05) is 13.0 Å². The second-order valence-corrected chi connectivity index (χ2v) is 4.56. The molecule has 0 aliphatic heterocycles. The minimum absolute atomic E-state index is 0.221. The fraction of sp³-hybridized carbons (Fsp3) is 0.0769. The number of rotatable bonds is 3. The van der Waals surface area contributed by atoms with Gasteiger partial charge in [-0.15, -0.1) is 11.3 Å². The van der Waals surface area contributed by atoms with E-state index in [1.165, 1.54) is 6.07 Å². The summed E-state index contributed by atoms with van der Waals surface area (Å²) in [5.41, 5.74) is 1.39. The molecule has 0 aliphatic carbocycles. The summed E-state index contributed by atoms with van der Waals surface area (Å²) in [6, 6.07) is 8.63. The molecule has 0 radical (unpaired) electrons. The molecule has 0 aliphatic rings. The largest absolute Gasteiger partial charge is 0.477 e. The molecule has 1 aromatic carbocycles. The molecule has 0 atom stereocenters. The Morgan fingerprint density at radius 3 is 2.83 bits per heavy atom. The van der Waals surface area contributed by atoms with Gasteiger partial charge in [-0.3, -0.25) is 0 Å². The molecule has 0 fully saturated rings. The zero-order valence-corrected chi connectivity index (χ0v) is 10.3. The average molecular weight is 259 g/mol. The molecule has 1 heterocycles. The third-order valence-corrected chi connectivity index (χ3v) is 3.23. The number of aryl methyl sites for hydroxylation is 1. The van der Waals surface area contributed by atoms with Crippen molar-refractivity contribution in [1.82, 2.24) is 0 Å². The summed E-state index contributed by atoms with van der Waals surface area (Å²) in [6.07, 6.45) is 0. The molecule has 1 aromatic heterocycles. The number of hydrogen-bond acceptors (Lipinski definition) is 4. The van der Waals surface area contributed by atoms with Crippen LogP contribution in [0.4, 0.5) is 0 Å². The fourth-order valence-corrected chi connectivity index (χ4v) is 2.04. The molecule has 0 amide bonds. The van der Waals surface area contributed by atoms with Crippen molar-refractivity contribution in [3.63, 3.8) is 0 Å². The number of benzene rings is 1. The molecule has 0 spiro atoms. The highest BCUT2D eigenvalue weighted by molar-refractivity contribution is 7.12. The predicted octanol–water partition coefficient (Wildman–Crippen LogP) is 3.42. The molecule has 0 saturated heterocycles. The van der Waals surface area contributed by atoms with Gasteiger partial charge in [0.15, 0.2) is 0 Å². The van der Waals surface area contributed by atoms with Crippen LogP contribution in [0.25, 0.3) is 0 Å². The third-order valence-electron chi connectivity index (χ3n) is 2.33. The van der Waals surface area contributed by atoms with E-state index in [9.17, 15) is 4.79 Å². The van der Waals surface area contributed by atoms with E-state index in [4.69, 9.17) is 15.1 Å². The van der Waals surface area contributed by atoms with Crippen LogP contribution in [0.15, 0.2) is 29.6 Å². The lowest BCUT2D eigenvalue weighted by Gasteiger charge is -2.06. The van der Waals surface area contributed by atoms with Crippen molar-refractivity contribution in [1.29, 1.82) is 5.26 Å². The van der Waals surface area contributed by atoms with E-state index in [1.54, 1.807) is 23.6 Å². The van der Waals surface area contributed by atoms with Crippen molar-refractivity contribution in [2.45, 2.75) is 6.92 Å². The zero-order valence-electron chi connectivity index (χ0n) is 9.51. The van der Waals surface area contributed by atoms with Crippen molar-refractivity contribution in [3.8, 4) is 17.6 Å². The van der Waals surface area contributed by atoms with Gasteiger partial charge in [-0.1, -0.05) is 6.07 Å². The third kappa shape index (κ3) is 2.50. The van der Waals surface area contributed by atoms with Gasteiger partial charge in [-0.05, 0) is 24.6 Å². The lowest BCUT2D eigenvalue weighted by Crippen LogP contribution is -1.91. The molecule has 2 aromatic rings. The fourth-order valence-electron chi connectivity index (χ4n) is 1.39. The van der Waals surface area contributed by atoms with Crippen LogP contribution < -0.4 is 4.74 Å². The number of carboxylic acid groups (broad SMARTS) is 1. The van der Waals surface area contributed by atoms with E-state index in [2.05, 4.69) is 0 Å². The van der Waals surface area contributed by atoms with Crippen molar-refractivity contribution >= 4 is 17.3 Å². The van der Waals surface area contributed by atoms with Gasteiger partial charge in [0.25, 0.3) is 0 Å². The highest BCUT2D eigenvalue weighted by Crippen LogP contribution is 2.29. The van der Waals surface area contributed by atoms with E-state index in [-0.39, 0.29) is 4.88 Å². The number of thiophene rings is 1. The quantitative estimate of drug-likeness (QED) is 0.916. The normalized spacial score (nSPS) is 9.78. The van der Waals surface area contributed by atoms with Crippen LogP contribution in [0, 0.1) is 18.3 Å². The standard InChI is InChI=1S/C13H9NO3S/c1-8-2-3-9(6-14)4-11(8)17-10-5-12(13(15)16)18-7-10/h2-5,7H,1H3,(H,15,16). The maximum Gasteiger partial charge on any atom is 0.346 e. The molecular formula is C13H9NO3S. The van der Waals surface area contributed by atoms with Gasteiger partial charge in [-0.25, -0.2) is 4.79 Å². The SMILES string of the molecule is Cc1ccc(C#N)cc1Oc1csc(C(=O)O)c1. The van der Waals surface area contributed by atoms with E-state index in [0.717, 1.165) is 16.9 Å². The van der Waals surface area contributed by atoms with Crippen molar-refractivity contribution < 1.29 is 14.6 Å². The lowest BCUT2D eigenvalue weighted by atomic mass is 10.1. The Labute approximate surface area is 108 Å². The average Bonchev–Trinajstić information content (AvgIpc) is 2.81. The van der Waals surface area contributed by atoms with Crippen LogP contribution in [-0.4, -0.2) is 11.1 Å². The molecule has 0 unspecified atom stereocenters. The second kappa shape index (κ2) is 4.90. The van der Waals surface area contributed by atoms with Gasteiger partial charge in [0.2, 0.25) is 0 Å². The van der Waals surface area contributed by atoms with Gasteiger partial charge in [0, 0.05) is 11.4 Å². The van der Waals surface area contributed by atoms with Gasteiger partial charge >= 0.3 is 5.97 Å². The van der Waals surface area contributed by atoms with Crippen molar-refractivity contribution in [2.75, 3.05) is 0 Å². The summed E-state index contributed by atoms with van der Waals surface area (Å²) in [6.45, 7) is 1.86. The van der Waals surface area contributed by atoms with Crippen LogP contribution >= 0.6 is 11.3 Å². The number of carboxylic acids is 1. The lowest BCUT2D eigenvalue weighted by molar-refractivity contribution is 0.0702. The van der Waals surface area contributed by atoms with Gasteiger partial charge < -0.3 is 9.84 Å². The predicted molar refractivity (Wildman–Crippen MR) is 67.2 cm³/mol. The van der Waals surface area contributed by atoms with Crippen LogP contribution in [0.2, 0.25) is 0 Å². The summed E-state index contributed by atoms with van der Waals surface area (Å²) in [5, 5.41) is 19.3. The Balaban J connectivity index is 2.28. The molecule has 2 rings (SSSR count). The van der Waals surface area contributed by atoms with Crippen LogP contribution in [0.5, 0.6) is 11.5 Å². The van der Waals surface area contributed by atoms with Crippen LogP contribution in [0.3, 0.4) is 0 Å². The first kappa shape index (κ1) is 12.1. The molecule has 18 heavy (non-hydrogen) atoms. The number of nitriles is 1. The Hall–Kier alpha value is -2.32. The topological polar surface area (TPSA) is 70.3 Å². The Kier molecular flexibility index (Phi) is 3.31. The Morgan fingerprint density at radius 1 is 1.44 bits per heavy atom. The van der Waals surface area contributed by atoms with Crippen LogP contribution in [-0.2, 0) is 0 Å². The molecule has 90 valence electrons. The summed E-state index contributed by atoms with van der Waals surface area (Å²) in [7, 11) is 0. The number of carbonyl (C=O) groups is 1. The van der Waals surface area contributed by atoms with Crippen molar-refractivity contribution in [3.05, 3.63) is 45.6 Å². The second-order valence-electron chi connectivity index (χ2n) is 3.65. The summed E-state index contributed by atoms with van der Waals surface area (Å²) in [4.78, 5) is 11.0. The first-order chi connectivity index (χ1) is 8.60. The summed E-state index contributed by atoms with van der Waals surface area (Å²) in [5.74, 6) is 0.0525. The maximum absolute atomic E-state index is 10.7. The Morgan fingerprint density at radius 2 is 2.22 bits per heavy atom. The number of ether oxygens (including phenoxy) is 1. The first-order valence-corrected chi connectivity index (χ1v) is 5.98. The summed E-state index contributed by atoms with van der Waals surface area (Å²) >= 11 is 1.10. The minimum Gasteiger partial charge on any atom is -0.477 e. The minimum atomic E-state index is -0.975. The van der Waals surface area contributed by atoms with E-state index in [0.29, 0.717) is 17.1 Å². The molecular weight excluding hydrogens is 250 g/mol. The molecule has 0 saturated carbocycles. The van der Waals surface area contributed by atoms with E-state index < -0.39 is 5.97 Å². The molecule has 4 nitrogen and oxygen atoms in total. The first-order valence-electron chi connectivity index (χ1n) is 5.10. The smallest absolute Gasteiger partial charge is 0.346 e. The summed E-state index contributed by atoms with van der Waals surface area (Å²) < 4.78 is 5.58. The number of nitrogens with zero attached hydrogens (tertiary/aromatic N) is 1. The Bertz CT molecular complexity index is 640. The van der Waals surface area contributed by atoms with Crippen LogP contribution in [0.1, 0.15) is 20.8 Å². The number of aromatic carboxylic acids is 1. The van der Waals surface area contributed by atoms with Gasteiger partial charge in [-0.2, -0.15) is 5.26 Å². The van der Waals surface area contributed by atoms with Gasteiger partial charge in [0.05, 0.1) is 11.6 Å². The molecule has 1 N–H and O–H groups in total. The number of hydrogen-bond donors (Lipinski definition) is 1. The van der Waals surface area contributed by atoms with E-state index >= 15 is 0 Å². The zero-order chi connectivity index (χ0) is 13.1. The highest BCUT2D eigenvalue weighted by atomic mass is 32.1. The van der Waals surface area contributed by atoms with Crippen molar-refractivity contribution in [2.24, 2.45) is 0 Å². The molecule has 0 bridgehead atoms. The maximum atomic E-state index is 10.7. The highest BCUT2D eigenvalue weighted by Gasteiger charge is 2.09. The monoisotopic (exact) mass is 259 g/mol.